The molecule has 0 atom stereocenters. The molecule has 15 heavy (non-hydrogen) atoms. The van der Waals surface area contributed by atoms with Crippen LogP contribution >= 0.6 is 12.2 Å². The molecule has 0 aliphatic rings. The van der Waals surface area contributed by atoms with Gasteiger partial charge in [0.2, 0.25) is 0 Å². The van der Waals surface area contributed by atoms with Crippen LogP contribution in [0.2, 0.25) is 0 Å². The lowest BCUT2D eigenvalue weighted by Gasteiger charge is -2.01. The van der Waals surface area contributed by atoms with Gasteiger partial charge < -0.3 is 4.98 Å². The molecule has 5 heteroatoms. The van der Waals surface area contributed by atoms with E-state index in [-0.39, 0.29) is 4.77 Å². The van der Waals surface area contributed by atoms with E-state index in [2.05, 4.69) is 9.97 Å². The topological polar surface area (TPSA) is 28.7 Å². The highest BCUT2D eigenvalue weighted by Gasteiger charge is 2.03. The van der Waals surface area contributed by atoms with Gasteiger partial charge in [0.15, 0.2) is 4.77 Å². The van der Waals surface area contributed by atoms with Crippen LogP contribution in [0.15, 0.2) is 30.5 Å². The average Bonchev–Trinajstić information content (AvgIpc) is 2.16. The molecule has 0 bridgehead atoms. The van der Waals surface area contributed by atoms with Crippen LogP contribution in [0.5, 0.6) is 0 Å². The Labute approximate surface area is 89.6 Å². The molecule has 0 fully saturated rings. The molecular weight excluding hydrogens is 218 g/mol. The van der Waals surface area contributed by atoms with E-state index in [9.17, 15) is 8.78 Å². The summed E-state index contributed by atoms with van der Waals surface area (Å²) in [5.74, 6) is -1.25. The van der Waals surface area contributed by atoms with Gasteiger partial charge in [0, 0.05) is 23.5 Å². The van der Waals surface area contributed by atoms with Crippen molar-refractivity contribution in [1.82, 2.24) is 9.97 Å². The van der Waals surface area contributed by atoms with Crippen LogP contribution in [0.4, 0.5) is 8.78 Å². The molecule has 0 saturated carbocycles. The monoisotopic (exact) mass is 224 g/mol. The number of aromatic nitrogens is 2. The quantitative estimate of drug-likeness (QED) is 0.754. The number of halogens is 2. The summed E-state index contributed by atoms with van der Waals surface area (Å²) in [6.45, 7) is 0. The maximum Gasteiger partial charge on any atom is 0.197 e. The van der Waals surface area contributed by atoms with Crippen molar-refractivity contribution in [3.63, 3.8) is 0 Å². The molecule has 0 saturated heterocycles. The summed E-state index contributed by atoms with van der Waals surface area (Å²) in [6, 6.07) is 4.87. The minimum absolute atomic E-state index is 0.275. The van der Waals surface area contributed by atoms with Crippen molar-refractivity contribution < 1.29 is 8.78 Å². The molecule has 0 unspecified atom stereocenters. The second kappa shape index (κ2) is 3.86. The van der Waals surface area contributed by atoms with Gasteiger partial charge in [0.25, 0.3) is 0 Å². The number of rotatable bonds is 1. The van der Waals surface area contributed by atoms with Gasteiger partial charge in [-0.15, -0.1) is 0 Å². The standard InChI is InChI=1S/C10H6F2N2S/c11-7-3-6(4-8(12)5-7)9-1-2-13-10(15)14-9/h1-5H,(H,13,14,15). The number of aromatic amines is 1. The molecule has 2 rings (SSSR count). The zero-order chi connectivity index (χ0) is 10.8. The Balaban J connectivity index is 2.58. The fraction of sp³-hybridized carbons (Fsp3) is 0. The SMILES string of the molecule is Fc1cc(F)cc(-c2ccnc(=S)[nH]2)c1. The van der Waals surface area contributed by atoms with Crippen molar-refractivity contribution >= 4 is 12.2 Å². The molecule has 2 nitrogen and oxygen atoms in total. The zero-order valence-electron chi connectivity index (χ0n) is 7.50. The van der Waals surface area contributed by atoms with Crippen LogP contribution in [0.1, 0.15) is 0 Å². The Bertz CT molecular complexity index is 531. The summed E-state index contributed by atoms with van der Waals surface area (Å²) in [7, 11) is 0. The molecule has 1 N–H and O–H groups in total. The van der Waals surface area contributed by atoms with Crippen molar-refractivity contribution in [1.29, 1.82) is 0 Å². The number of nitrogens with one attached hydrogen (secondary N) is 1. The second-order valence-electron chi connectivity index (χ2n) is 2.95. The zero-order valence-corrected chi connectivity index (χ0v) is 8.31. The first-order chi connectivity index (χ1) is 7.15. The average molecular weight is 224 g/mol. The number of benzene rings is 1. The largest absolute Gasteiger partial charge is 0.330 e. The third-order valence-electron chi connectivity index (χ3n) is 1.85. The highest BCUT2D eigenvalue weighted by Crippen LogP contribution is 2.18. The van der Waals surface area contributed by atoms with E-state index < -0.39 is 11.6 Å². The summed E-state index contributed by atoms with van der Waals surface area (Å²) < 4.78 is 26.1. The summed E-state index contributed by atoms with van der Waals surface area (Å²) in [5.41, 5.74) is 0.939. The van der Waals surface area contributed by atoms with E-state index >= 15 is 0 Å². The number of nitrogens with zero attached hydrogens (tertiary/aromatic N) is 1. The molecule has 0 aliphatic carbocycles. The van der Waals surface area contributed by atoms with Crippen LogP contribution in [-0.2, 0) is 0 Å². The Morgan fingerprint density at radius 3 is 2.40 bits per heavy atom. The Hall–Kier alpha value is -1.62. The number of H-pyrrole nitrogens is 1. The smallest absolute Gasteiger partial charge is 0.197 e. The molecule has 1 heterocycles. The molecule has 0 radical (unpaired) electrons. The van der Waals surface area contributed by atoms with E-state index in [4.69, 9.17) is 12.2 Å². The molecular formula is C10H6F2N2S. The van der Waals surface area contributed by atoms with E-state index in [1.54, 1.807) is 6.07 Å². The molecule has 1 aromatic heterocycles. The van der Waals surface area contributed by atoms with Crippen LogP contribution in [0.25, 0.3) is 11.3 Å². The molecule has 76 valence electrons. The van der Waals surface area contributed by atoms with Crippen molar-refractivity contribution in [2.75, 3.05) is 0 Å². The minimum atomic E-state index is -0.624. The molecule has 0 amide bonds. The Kier molecular flexibility index (Phi) is 2.55. The van der Waals surface area contributed by atoms with Gasteiger partial charge in [0.1, 0.15) is 11.6 Å². The number of hydrogen-bond donors (Lipinski definition) is 1. The first-order valence-electron chi connectivity index (χ1n) is 4.17. The predicted molar refractivity (Wildman–Crippen MR) is 54.8 cm³/mol. The fourth-order valence-corrected chi connectivity index (χ4v) is 1.42. The highest BCUT2D eigenvalue weighted by atomic mass is 32.1. The summed E-state index contributed by atoms with van der Waals surface area (Å²) in [4.78, 5) is 6.53. The summed E-state index contributed by atoms with van der Waals surface area (Å²) in [5, 5.41) is 0. The lowest BCUT2D eigenvalue weighted by atomic mass is 10.1. The lowest BCUT2D eigenvalue weighted by Crippen LogP contribution is -1.88. The maximum absolute atomic E-state index is 12.9. The van der Waals surface area contributed by atoms with Crippen molar-refractivity contribution in [3.8, 4) is 11.3 Å². The Morgan fingerprint density at radius 2 is 1.80 bits per heavy atom. The van der Waals surface area contributed by atoms with E-state index in [1.807, 2.05) is 0 Å². The van der Waals surface area contributed by atoms with Gasteiger partial charge in [-0.3, -0.25) is 0 Å². The first-order valence-corrected chi connectivity index (χ1v) is 4.58. The van der Waals surface area contributed by atoms with Crippen molar-refractivity contribution in [3.05, 3.63) is 46.9 Å². The molecule has 2 aromatic rings. The second-order valence-corrected chi connectivity index (χ2v) is 3.33. The summed E-state index contributed by atoms with van der Waals surface area (Å²) in [6.07, 6.45) is 1.48. The van der Waals surface area contributed by atoms with Gasteiger partial charge >= 0.3 is 0 Å². The van der Waals surface area contributed by atoms with Crippen LogP contribution in [-0.4, -0.2) is 9.97 Å². The van der Waals surface area contributed by atoms with E-state index in [0.29, 0.717) is 11.3 Å². The van der Waals surface area contributed by atoms with Crippen molar-refractivity contribution in [2.24, 2.45) is 0 Å². The van der Waals surface area contributed by atoms with Gasteiger partial charge in [-0.05, 0) is 30.4 Å². The van der Waals surface area contributed by atoms with Crippen molar-refractivity contribution in [2.45, 2.75) is 0 Å². The summed E-state index contributed by atoms with van der Waals surface area (Å²) >= 11 is 4.81. The Morgan fingerprint density at radius 1 is 1.13 bits per heavy atom. The van der Waals surface area contributed by atoms with Gasteiger partial charge in [-0.25, -0.2) is 13.8 Å². The third kappa shape index (κ3) is 2.24. The van der Waals surface area contributed by atoms with E-state index in [1.165, 1.54) is 18.3 Å². The number of hydrogen-bond acceptors (Lipinski definition) is 2. The van der Waals surface area contributed by atoms with Crippen LogP contribution in [0, 0.1) is 16.4 Å². The van der Waals surface area contributed by atoms with E-state index in [0.717, 1.165) is 6.07 Å². The first kappa shape index (κ1) is 9.92. The molecule has 1 aromatic carbocycles. The fourth-order valence-electron chi connectivity index (χ4n) is 1.25. The normalized spacial score (nSPS) is 10.3. The molecule has 0 spiro atoms. The maximum atomic E-state index is 12.9. The van der Waals surface area contributed by atoms with Gasteiger partial charge in [-0.1, -0.05) is 0 Å². The van der Waals surface area contributed by atoms with Gasteiger partial charge in [-0.2, -0.15) is 0 Å². The minimum Gasteiger partial charge on any atom is -0.330 e. The molecule has 0 aliphatic heterocycles. The highest BCUT2D eigenvalue weighted by molar-refractivity contribution is 7.71. The van der Waals surface area contributed by atoms with Crippen LogP contribution in [0.3, 0.4) is 0 Å². The van der Waals surface area contributed by atoms with Gasteiger partial charge in [0.05, 0.1) is 0 Å². The predicted octanol–water partition coefficient (Wildman–Crippen LogP) is 3.08. The lowest BCUT2D eigenvalue weighted by molar-refractivity contribution is 0.584. The third-order valence-corrected chi connectivity index (χ3v) is 2.06. The van der Waals surface area contributed by atoms with Crippen LogP contribution < -0.4 is 0 Å².